The fourth-order valence-corrected chi connectivity index (χ4v) is 2.06. The molecule has 0 aliphatic carbocycles. The van der Waals surface area contributed by atoms with Crippen molar-refractivity contribution in [3.05, 3.63) is 53.6 Å². The van der Waals surface area contributed by atoms with Crippen molar-refractivity contribution in [2.75, 3.05) is 7.11 Å². The van der Waals surface area contributed by atoms with Gasteiger partial charge in [0.2, 0.25) is 0 Å². The Morgan fingerprint density at radius 3 is 2.10 bits per heavy atom. The van der Waals surface area contributed by atoms with Gasteiger partial charge in [-0.25, -0.2) is 4.79 Å². The Morgan fingerprint density at radius 1 is 0.952 bits per heavy atom. The maximum absolute atomic E-state index is 11.6. The van der Waals surface area contributed by atoms with Crippen LogP contribution >= 0.6 is 0 Å². The molecule has 0 bridgehead atoms. The first-order valence-electron chi connectivity index (χ1n) is 6.49. The summed E-state index contributed by atoms with van der Waals surface area (Å²) in [4.78, 5) is 22.4. The zero-order chi connectivity index (χ0) is 15.4. The third-order valence-corrected chi connectivity index (χ3v) is 3.08. The van der Waals surface area contributed by atoms with Crippen molar-refractivity contribution in [1.29, 1.82) is 0 Å². The van der Waals surface area contributed by atoms with E-state index in [1.807, 2.05) is 31.2 Å². The van der Waals surface area contributed by atoms with Crippen LogP contribution in [-0.4, -0.2) is 19.0 Å². The van der Waals surface area contributed by atoms with Crippen LogP contribution in [0.25, 0.3) is 11.1 Å². The van der Waals surface area contributed by atoms with E-state index >= 15 is 0 Å². The highest BCUT2D eigenvalue weighted by atomic mass is 16.5. The predicted octanol–water partition coefficient (Wildman–Crippen LogP) is 3.37. The highest BCUT2D eigenvalue weighted by molar-refractivity contribution is 5.91. The Morgan fingerprint density at radius 2 is 1.57 bits per heavy atom. The van der Waals surface area contributed by atoms with Crippen molar-refractivity contribution in [3.8, 4) is 16.9 Å². The van der Waals surface area contributed by atoms with Crippen LogP contribution in [0.15, 0.2) is 42.5 Å². The molecule has 0 atom stereocenters. The molecule has 2 aromatic rings. The maximum atomic E-state index is 11.6. The lowest BCUT2D eigenvalue weighted by Crippen LogP contribution is -2.03. The first kappa shape index (κ1) is 14.8. The van der Waals surface area contributed by atoms with E-state index in [2.05, 4.69) is 0 Å². The van der Waals surface area contributed by atoms with Gasteiger partial charge < -0.3 is 9.47 Å². The number of methoxy groups -OCH3 is 1. The van der Waals surface area contributed by atoms with E-state index in [4.69, 9.17) is 9.47 Å². The Hall–Kier alpha value is -2.62. The molecule has 21 heavy (non-hydrogen) atoms. The summed E-state index contributed by atoms with van der Waals surface area (Å²) in [5.41, 5.74) is 3.36. The van der Waals surface area contributed by atoms with Crippen LogP contribution in [0.4, 0.5) is 0 Å². The van der Waals surface area contributed by atoms with E-state index in [9.17, 15) is 9.59 Å². The van der Waals surface area contributed by atoms with Gasteiger partial charge in [-0.05, 0) is 41.8 Å². The van der Waals surface area contributed by atoms with Gasteiger partial charge >= 0.3 is 11.9 Å². The van der Waals surface area contributed by atoms with Gasteiger partial charge in [-0.2, -0.15) is 0 Å². The topological polar surface area (TPSA) is 52.6 Å². The molecule has 108 valence electrons. The molecule has 0 aliphatic rings. The van der Waals surface area contributed by atoms with Crippen LogP contribution in [-0.2, 0) is 9.53 Å². The molecule has 0 unspecified atom stereocenters. The van der Waals surface area contributed by atoms with Crippen molar-refractivity contribution in [1.82, 2.24) is 0 Å². The molecule has 0 aliphatic heterocycles. The number of ether oxygens (including phenoxy) is 2. The molecule has 0 fully saturated rings. The lowest BCUT2D eigenvalue weighted by atomic mass is 10.00. The summed E-state index contributed by atoms with van der Waals surface area (Å²) in [5.74, 6) is -0.181. The molecular formula is C17H16O4. The smallest absolute Gasteiger partial charge is 0.338 e. The molecule has 0 heterocycles. The van der Waals surface area contributed by atoms with Crippen LogP contribution < -0.4 is 4.74 Å². The largest absolute Gasteiger partial charge is 0.465 e. The van der Waals surface area contributed by atoms with Crippen LogP contribution in [0.2, 0.25) is 0 Å². The second kappa shape index (κ2) is 6.22. The summed E-state index contributed by atoms with van der Waals surface area (Å²) in [5, 5.41) is 0. The Bertz CT molecular complexity index is 672. The Kier molecular flexibility index (Phi) is 4.38. The van der Waals surface area contributed by atoms with Gasteiger partial charge in [-0.3, -0.25) is 4.79 Å². The van der Waals surface area contributed by atoms with Gasteiger partial charge in [0.25, 0.3) is 0 Å². The van der Waals surface area contributed by atoms with E-state index in [1.54, 1.807) is 18.2 Å². The predicted molar refractivity (Wildman–Crippen MR) is 79.3 cm³/mol. The minimum Gasteiger partial charge on any atom is -0.465 e. The average Bonchev–Trinajstić information content (AvgIpc) is 2.46. The number of benzene rings is 2. The van der Waals surface area contributed by atoms with Gasteiger partial charge in [0, 0.05) is 6.92 Å². The molecule has 0 N–H and O–H groups in total. The lowest BCUT2D eigenvalue weighted by Gasteiger charge is -2.08. The van der Waals surface area contributed by atoms with Gasteiger partial charge in [-0.1, -0.05) is 24.3 Å². The molecule has 2 rings (SSSR count). The zero-order valence-corrected chi connectivity index (χ0v) is 12.2. The maximum Gasteiger partial charge on any atom is 0.338 e. The molecule has 0 saturated heterocycles. The first-order chi connectivity index (χ1) is 10.0. The van der Waals surface area contributed by atoms with Crippen molar-refractivity contribution < 1.29 is 19.1 Å². The molecule has 0 saturated carbocycles. The minimum atomic E-state index is -0.346. The molecule has 4 heteroatoms. The first-order valence-corrected chi connectivity index (χ1v) is 6.49. The van der Waals surface area contributed by atoms with E-state index in [0.717, 1.165) is 16.7 Å². The lowest BCUT2D eigenvalue weighted by molar-refractivity contribution is -0.131. The van der Waals surface area contributed by atoms with Crippen molar-refractivity contribution >= 4 is 11.9 Å². The van der Waals surface area contributed by atoms with Crippen LogP contribution in [0.5, 0.6) is 5.75 Å². The third kappa shape index (κ3) is 3.48. The van der Waals surface area contributed by atoms with Gasteiger partial charge in [0.15, 0.2) is 0 Å². The molecule has 0 amide bonds. The number of carbonyl (C=O) groups is 2. The summed E-state index contributed by atoms with van der Waals surface area (Å²) in [6.07, 6.45) is 0. The van der Waals surface area contributed by atoms with Crippen molar-refractivity contribution in [2.45, 2.75) is 13.8 Å². The van der Waals surface area contributed by atoms with Crippen molar-refractivity contribution in [2.24, 2.45) is 0 Å². The highest BCUT2D eigenvalue weighted by Crippen LogP contribution is 2.25. The number of carbonyl (C=O) groups excluding carboxylic acids is 2. The Labute approximate surface area is 123 Å². The minimum absolute atomic E-state index is 0.343. The van der Waals surface area contributed by atoms with Crippen molar-refractivity contribution in [3.63, 3.8) is 0 Å². The van der Waals surface area contributed by atoms with Gasteiger partial charge in [0.05, 0.1) is 12.7 Å². The molecule has 4 nitrogen and oxygen atoms in total. The van der Waals surface area contributed by atoms with E-state index < -0.39 is 0 Å². The van der Waals surface area contributed by atoms with Crippen LogP contribution in [0.1, 0.15) is 22.8 Å². The quantitative estimate of drug-likeness (QED) is 0.640. The van der Waals surface area contributed by atoms with Gasteiger partial charge in [-0.15, -0.1) is 0 Å². The van der Waals surface area contributed by atoms with E-state index in [0.29, 0.717) is 11.3 Å². The molecular weight excluding hydrogens is 268 g/mol. The summed E-state index contributed by atoms with van der Waals surface area (Å²) >= 11 is 0. The SMILES string of the molecule is COC(=O)c1ccc(-c2ccc(OC(C)=O)cc2)cc1C. The number of esters is 2. The highest BCUT2D eigenvalue weighted by Gasteiger charge is 2.10. The number of aryl methyl sites for hydroxylation is 1. The summed E-state index contributed by atoms with van der Waals surface area (Å²) < 4.78 is 9.72. The molecule has 0 radical (unpaired) electrons. The Balaban J connectivity index is 2.28. The normalized spacial score (nSPS) is 10.0. The molecule has 0 spiro atoms. The average molecular weight is 284 g/mol. The van der Waals surface area contributed by atoms with Crippen LogP contribution in [0.3, 0.4) is 0 Å². The number of hydrogen-bond donors (Lipinski definition) is 0. The standard InChI is InChI=1S/C17H16O4/c1-11-10-14(6-9-16(11)17(19)20-3)13-4-7-15(8-5-13)21-12(2)18/h4-10H,1-3H3. The second-order valence-electron chi connectivity index (χ2n) is 4.64. The summed E-state index contributed by atoms with van der Waals surface area (Å²) in [7, 11) is 1.36. The molecule has 0 aromatic heterocycles. The summed E-state index contributed by atoms with van der Waals surface area (Å²) in [6, 6.07) is 12.7. The second-order valence-corrected chi connectivity index (χ2v) is 4.64. The fourth-order valence-electron chi connectivity index (χ4n) is 2.06. The van der Waals surface area contributed by atoms with Crippen LogP contribution in [0, 0.1) is 6.92 Å². The molecule has 2 aromatic carbocycles. The van der Waals surface area contributed by atoms with Gasteiger partial charge in [0.1, 0.15) is 5.75 Å². The van der Waals surface area contributed by atoms with E-state index in [1.165, 1.54) is 14.0 Å². The number of hydrogen-bond acceptors (Lipinski definition) is 4. The fraction of sp³-hybridized carbons (Fsp3) is 0.176. The zero-order valence-electron chi connectivity index (χ0n) is 12.2. The summed E-state index contributed by atoms with van der Waals surface area (Å²) in [6.45, 7) is 3.23. The third-order valence-electron chi connectivity index (χ3n) is 3.08. The monoisotopic (exact) mass is 284 g/mol. The van der Waals surface area contributed by atoms with E-state index in [-0.39, 0.29) is 11.9 Å². The number of rotatable bonds is 3.